The number of esters is 1. The van der Waals surface area contributed by atoms with Gasteiger partial charge >= 0.3 is 5.97 Å². The van der Waals surface area contributed by atoms with Crippen LogP contribution in [0.25, 0.3) is 5.57 Å². The molecule has 0 saturated heterocycles. The number of hydrogen-bond acceptors (Lipinski definition) is 7. The quantitative estimate of drug-likeness (QED) is 0.637. The van der Waals surface area contributed by atoms with Gasteiger partial charge in [-0.25, -0.2) is 4.79 Å². The molecule has 1 heterocycles. The van der Waals surface area contributed by atoms with Crippen molar-refractivity contribution in [1.82, 2.24) is 20.6 Å². The second kappa shape index (κ2) is 7.38. The molecule has 8 nitrogen and oxygen atoms in total. The molecule has 0 aliphatic carbocycles. The van der Waals surface area contributed by atoms with Crippen molar-refractivity contribution in [3.05, 3.63) is 40.8 Å². The molecule has 2 aromatic rings. The number of aromatic amines is 1. The number of H-pyrrole nitrogens is 1. The van der Waals surface area contributed by atoms with Crippen molar-refractivity contribution in [3.63, 3.8) is 0 Å². The molecule has 0 unspecified atom stereocenters. The second-order valence-electron chi connectivity index (χ2n) is 4.70. The third-order valence-electron chi connectivity index (χ3n) is 2.62. The van der Waals surface area contributed by atoms with Gasteiger partial charge in [0, 0.05) is 11.9 Å². The van der Waals surface area contributed by atoms with Crippen molar-refractivity contribution >= 4 is 28.8 Å². The van der Waals surface area contributed by atoms with Crippen LogP contribution in [0, 0.1) is 11.3 Å². The fourth-order valence-electron chi connectivity index (χ4n) is 1.63. The Labute approximate surface area is 137 Å². The van der Waals surface area contributed by atoms with Gasteiger partial charge in [-0.05, 0) is 37.3 Å². The largest absolute Gasteiger partial charge is 0.459 e. The van der Waals surface area contributed by atoms with Crippen molar-refractivity contribution in [2.24, 2.45) is 0 Å². The predicted molar refractivity (Wildman–Crippen MR) is 83.4 cm³/mol. The van der Waals surface area contributed by atoms with Crippen molar-refractivity contribution in [3.8, 4) is 6.07 Å². The van der Waals surface area contributed by atoms with E-state index in [0.29, 0.717) is 5.69 Å². The number of ether oxygens (including phenoxy) is 1. The molecule has 1 aromatic heterocycles. The van der Waals surface area contributed by atoms with E-state index in [4.69, 9.17) is 21.6 Å². The molecule has 0 bridgehead atoms. The van der Waals surface area contributed by atoms with Crippen LogP contribution in [0.1, 0.15) is 30.0 Å². The first kappa shape index (κ1) is 16.5. The third kappa shape index (κ3) is 4.28. The number of nitrogens with zero attached hydrogens (tertiary/aromatic N) is 4. The number of allylic oxidation sites excluding steroid dienone is 1. The monoisotopic (exact) mass is 332 g/mol. The molecule has 1 aromatic carbocycles. The first-order chi connectivity index (χ1) is 11.0. The normalized spacial score (nSPS) is 11.2. The lowest BCUT2D eigenvalue weighted by molar-refractivity contribution is 0.0378. The standard InChI is InChI=1S/C14H13ClN6O2/c1-8(2)23-14(22)11-5-10(3-4-12(11)15)17-7-9(6-16)13-18-20-21-19-13/h3-5,7-8,17H,1-2H3,(H,18,19,20,21). The number of carbonyl (C=O) groups excluding carboxylic acids is 1. The highest BCUT2D eigenvalue weighted by Gasteiger charge is 2.14. The Balaban J connectivity index is 2.21. The van der Waals surface area contributed by atoms with Crippen LogP contribution in [0.5, 0.6) is 0 Å². The van der Waals surface area contributed by atoms with Crippen LogP contribution in [-0.4, -0.2) is 32.7 Å². The van der Waals surface area contributed by atoms with Crippen LogP contribution < -0.4 is 5.32 Å². The molecule has 0 amide bonds. The molecule has 0 saturated carbocycles. The van der Waals surface area contributed by atoms with Gasteiger partial charge in [0.15, 0.2) is 0 Å². The number of tetrazole rings is 1. The van der Waals surface area contributed by atoms with Crippen LogP contribution in [0.4, 0.5) is 5.69 Å². The molecule has 9 heteroatoms. The summed E-state index contributed by atoms with van der Waals surface area (Å²) >= 11 is 6.02. The summed E-state index contributed by atoms with van der Waals surface area (Å²) in [7, 11) is 0. The summed E-state index contributed by atoms with van der Waals surface area (Å²) in [6.45, 7) is 3.50. The van der Waals surface area contributed by atoms with Gasteiger partial charge in [-0.1, -0.05) is 11.6 Å². The number of nitriles is 1. The average Bonchev–Trinajstić information content (AvgIpc) is 3.03. The first-order valence-corrected chi connectivity index (χ1v) is 7.00. The predicted octanol–water partition coefficient (Wildman–Crippen LogP) is 2.39. The highest BCUT2D eigenvalue weighted by Crippen LogP contribution is 2.22. The van der Waals surface area contributed by atoms with E-state index in [0.717, 1.165) is 0 Å². The number of hydrogen-bond donors (Lipinski definition) is 2. The number of aromatic nitrogens is 4. The molecule has 0 atom stereocenters. The Bertz CT molecular complexity index is 764. The van der Waals surface area contributed by atoms with Gasteiger partial charge < -0.3 is 10.1 Å². The highest BCUT2D eigenvalue weighted by atomic mass is 35.5. The van der Waals surface area contributed by atoms with Gasteiger partial charge in [0.25, 0.3) is 0 Å². The maximum atomic E-state index is 12.0. The van der Waals surface area contributed by atoms with Crippen LogP contribution >= 0.6 is 11.6 Å². The highest BCUT2D eigenvalue weighted by molar-refractivity contribution is 6.33. The van der Waals surface area contributed by atoms with Crippen LogP contribution in [0.2, 0.25) is 5.02 Å². The van der Waals surface area contributed by atoms with Gasteiger partial charge in [-0.3, -0.25) is 0 Å². The van der Waals surface area contributed by atoms with Gasteiger partial charge in [0.1, 0.15) is 11.6 Å². The number of benzene rings is 1. The number of carbonyl (C=O) groups is 1. The Kier molecular flexibility index (Phi) is 5.28. The van der Waals surface area contributed by atoms with Crippen molar-refractivity contribution in [2.75, 3.05) is 5.32 Å². The zero-order chi connectivity index (χ0) is 16.8. The SMILES string of the molecule is CC(C)OC(=O)c1cc(NC=C(C#N)c2nn[nH]n2)ccc1Cl. The molecule has 2 rings (SSSR count). The third-order valence-corrected chi connectivity index (χ3v) is 2.95. The van der Waals surface area contributed by atoms with E-state index in [-0.39, 0.29) is 28.1 Å². The van der Waals surface area contributed by atoms with Gasteiger partial charge in [0.2, 0.25) is 5.82 Å². The Morgan fingerprint density at radius 2 is 2.30 bits per heavy atom. The minimum Gasteiger partial charge on any atom is -0.459 e. The Hall–Kier alpha value is -2.92. The molecule has 23 heavy (non-hydrogen) atoms. The minimum absolute atomic E-state index is 0.161. The fraction of sp³-hybridized carbons (Fsp3) is 0.214. The van der Waals surface area contributed by atoms with Gasteiger partial charge in [-0.15, -0.1) is 10.2 Å². The van der Waals surface area contributed by atoms with E-state index in [1.165, 1.54) is 12.3 Å². The van der Waals surface area contributed by atoms with Crippen molar-refractivity contribution in [2.45, 2.75) is 20.0 Å². The lowest BCUT2D eigenvalue weighted by atomic mass is 10.2. The van der Waals surface area contributed by atoms with E-state index in [2.05, 4.69) is 25.9 Å². The molecule has 0 radical (unpaired) electrons. The van der Waals surface area contributed by atoms with Crippen LogP contribution in [0.3, 0.4) is 0 Å². The van der Waals surface area contributed by atoms with Gasteiger partial charge in [-0.2, -0.15) is 10.5 Å². The lowest BCUT2D eigenvalue weighted by Gasteiger charge is -2.10. The van der Waals surface area contributed by atoms with E-state index in [1.54, 1.807) is 26.0 Å². The maximum absolute atomic E-state index is 12.0. The molecule has 0 aliphatic heterocycles. The van der Waals surface area contributed by atoms with Crippen LogP contribution in [0.15, 0.2) is 24.4 Å². The molecule has 0 fully saturated rings. The molecule has 118 valence electrons. The summed E-state index contributed by atoms with van der Waals surface area (Å²) < 4.78 is 5.13. The molecule has 2 N–H and O–H groups in total. The van der Waals surface area contributed by atoms with Crippen molar-refractivity contribution in [1.29, 1.82) is 5.26 Å². The van der Waals surface area contributed by atoms with E-state index in [9.17, 15) is 4.79 Å². The summed E-state index contributed by atoms with van der Waals surface area (Å²) in [5.74, 6) is -0.357. The maximum Gasteiger partial charge on any atom is 0.339 e. The summed E-state index contributed by atoms with van der Waals surface area (Å²) in [6, 6.07) is 6.71. The Morgan fingerprint density at radius 3 is 2.91 bits per heavy atom. The number of nitrogens with one attached hydrogen (secondary N) is 2. The zero-order valence-electron chi connectivity index (χ0n) is 12.4. The zero-order valence-corrected chi connectivity index (χ0v) is 13.1. The smallest absolute Gasteiger partial charge is 0.339 e. The molecular formula is C14H13ClN6O2. The number of halogens is 1. The minimum atomic E-state index is -0.517. The summed E-state index contributed by atoms with van der Waals surface area (Å²) in [5, 5.41) is 25.3. The van der Waals surface area contributed by atoms with Crippen LogP contribution in [-0.2, 0) is 4.74 Å². The summed E-state index contributed by atoms with van der Waals surface area (Å²) in [5.41, 5.74) is 0.971. The number of anilines is 1. The molecule has 0 spiro atoms. The Morgan fingerprint density at radius 1 is 1.52 bits per heavy atom. The van der Waals surface area contributed by atoms with E-state index in [1.807, 2.05) is 6.07 Å². The lowest BCUT2D eigenvalue weighted by Crippen LogP contribution is -2.12. The second-order valence-corrected chi connectivity index (χ2v) is 5.11. The molecule has 0 aliphatic rings. The molecular weight excluding hydrogens is 320 g/mol. The summed E-state index contributed by atoms with van der Waals surface area (Å²) in [4.78, 5) is 12.0. The number of rotatable bonds is 5. The fourth-order valence-corrected chi connectivity index (χ4v) is 1.82. The average molecular weight is 333 g/mol. The van der Waals surface area contributed by atoms with Crippen molar-refractivity contribution < 1.29 is 9.53 Å². The summed E-state index contributed by atoms with van der Waals surface area (Å²) in [6.07, 6.45) is 1.16. The van der Waals surface area contributed by atoms with E-state index >= 15 is 0 Å². The first-order valence-electron chi connectivity index (χ1n) is 6.62. The van der Waals surface area contributed by atoms with Gasteiger partial charge in [0.05, 0.1) is 16.7 Å². The topological polar surface area (TPSA) is 117 Å². The van der Waals surface area contributed by atoms with E-state index < -0.39 is 5.97 Å².